The number of benzene rings is 1. The van der Waals surface area contributed by atoms with Crippen molar-refractivity contribution in [3.8, 4) is 0 Å². The molecule has 0 radical (unpaired) electrons. The van der Waals surface area contributed by atoms with E-state index in [0.29, 0.717) is 11.2 Å². The van der Waals surface area contributed by atoms with Gasteiger partial charge in [-0.3, -0.25) is 14.8 Å². The highest BCUT2D eigenvalue weighted by atomic mass is 19.1. The Hall–Kier alpha value is -2.62. The van der Waals surface area contributed by atoms with Crippen LogP contribution in [-0.2, 0) is 6.42 Å². The second-order valence-electron chi connectivity index (χ2n) is 4.90. The largest absolute Gasteiger partial charge is 0.292 e. The lowest BCUT2D eigenvalue weighted by Gasteiger charge is -2.06. The van der Waals surface area contributed by atoms with Crippen molar-refractivity contribution >= 4 is 16.7 Å². The summed E-state index contributed by atoms with van der Waals surface area (Å²) in [6.07, 6.45) is 1.81. The molecule has 0 bridgehead atoms. The van der Waals surface area contributed by atoms with E-state index in [1.54, 1.807) is 24.4 Å². The molecule has 0 aliphatic rings. The van der Waals surface area contributed by atoms with Crippen LogP contribution in [0.15, 0.2) is 48.7 Å². The summed E-state index contributed by atoms with van der Waals surface area (Å²) in [5.74, 6) is -0.394. The van der Waals surface area contributed by atoms with Gasteiger partial charge in [0.25, 0.3) is 0 Å². The monoisotopic (exact) mass is 280 g/mol. The third kappa shape index (κ3) is 2.79. The van der Waals surface area contributed by atoms with Gasteiger partial charge in [-0.05, 0) is 42.8 Å². The molecule has 0 atom stereocenters. The van der Waals surface area contributed by atoms with E-state index in [9.17, 15) is 9.18 Å². The Labute approximate surface area is 121 Å². The molecule has 0 saturated heterocycles. The van der Waals surface area contributed by atoms with Crippen molar-refractivity contribution in [2.24, 2.45) is 0 Å². The molecule has 0 amide bonds. The Bertz CT molecular complexity index is 830. The minimum absolute atomic E-state index is 0.0597. The number of aromatic nitrogens is 2. The smallest absolute Gasteiger partial charge is 0.185 e. The number of carbonyl (C=O) groups is 1. The van der Waals surface area contributed by atoms with Gasteiger partial charge in [-0.2, -0.15) is 0 Å². The number of halogens is 1. The minimum Gasteiger partial charge on any atom is -0.292 e. The van der Waals surface area contributed by atoms with E-state index < -0.39 is 0 Å². The molecule has 2 heterocycles. The van der Waals surface area contributed by atoms with E-state index >= 15 is 0 Å². The van der Waals surface area contributed by atoms with Gasteiger partial charge in [0.2, 0.25) is 0 Å². The maximum absolute atomic E-state index is 13.2. The van der Waals surface area contributed by atoms with Gasteiger partial charge in [0.1, 0.15) is 11.5 Å². The minimum atomic E-state index is -0.334. The zero-order chi connectivity index (χ0) is 14.8. The first-order valence-electron chi connectivity index (χ1n) is 6.63. The Balaban J connectivity index is 1.96. The van der Waals surface area contributed by atoms with E-state index in [0.717, 1.165) is 16.6 Å². The summed E-state index contributed by atoms with van der Waals surface area (Å²) in [4.78, 5) is 20.7. The van der Waals surface area contributed by atoms with Gasteiger partial charge in [0, 0.05) is 29.8 Å². The molecule has 3 aromatic rings. The van der Waals surface area contributed by atoms with E-state index in [1.165, 1.54) is 12.1 Å². The van der Waals surface area contributed by atoms with Crippen LogP contribution >= 0.6 is 0 Å². The van der Waals surface area contributed by atoms with Crippen molar-refractivity contribution in [2.45, 2.75) is 13.3 Å². The summed E-state index contributed by atoms with van der Waals surface area (Å²) in [7, 11) is 0. The molecule has 2 aromatic heterocycles. The first kappa shape index (κ1) is 13.4. The molecular formula is C17H13FN2O. The molecule has 0 aliphatic heterocycles. The summed E-state index contributed by atoms with van der Waals surface area (Å²) >= 11 is 0. The van der Waals surface area contributed by atoms with Gasteiger partial charge in [-0.1, -0.05) is 6.07 Å². The lowest BCUT2D eigenvalue weighted by atomic mass is 10.0. The molecule has 3 nitrogen and oxygen atoms in total. The Kier molecular flexibility index (Phi) is 3.44. The number of fused-ring (bicyclic) bond motifs is 1. The standard InChI is InChI=1S/C17H13FN2O/c1-11-3-2-4-15(20-11)17(21)9-12-7-8-19-16-10-13(18)5-6-14(12)16/h2-8,10H,9H2,1H3. The fourth-order valence-electron chi connectivity index (χ4n) is 2.30. The van der Waals surface area contributed by atoms with Crippen LogP contribution in [0.3, 0.4) is 0 Å². The van der Waals surface area contributed by atoms with Gasteiger partial charge < -0.3 is 0 Å². The summed E-state index contributed by atoms with van der Waals surface area (Å²) in [6, 6.07) is 11.6. The molecule has 21 heavy (non-hydrogen) atoms. The third-order valence-electron chi connectivity index (χ3n) is 3.32. The number of pyridine rings is 2. The topological polar surface area (TPSA) is 42.9 Å². The fraction of sp³-hybridized carbons (Fsp3) is 0.118. The average molecular weight is 280 g/mol. The summed E-state index contributed by atoms with van der Waals surface area (Å²) in [6.45, 7) is 1.85. The van der Waals surface area contributed by atoms with E-state index in [1.807, 2.05) is 19.1 Å². The first-order chi connectivity index (χ1) is 10.1. The predicted octanol–water partition coefficient (Wildman–Crippen LogP) is 3.50. The van der Waals surface area contributed by atoms with Gasteiger partial charge in [-0.15, -0.1) is 0 Å². The zero-order valence-corrected chi connectivity index (χ0v) is 11.5. The number of rotatable bonds is 3. The third-order valence-corrected chi connectivity index (χ3v) is 3.32. The molecule has 0 saturated carbocycles. The van der Waals surface area contributed by atoms with Crippen LogP contribution in [0, 0.1) is 12.7 Å². The van der Waals surface area contributed by atoms with Crippen LogP contribution in [0.4, 0.5) is 4.39 Å². The second kappa shape index (κ2) is 5.40. The van der Waals surface area contributed by atoms with Crippen molar-refractivity contribution in [3.05, 3.63) is 71.4 Å². The number of hydrogen-bond donors (Lipinski definition) is 0. The van der Waals surface area contributed by atoms with E-state index in [-0.39, 0.29) is 18.0 Å². The SMILES string of the molecule is Cc1cccc(C(=O)Cc2ccnc3cc(F)ccc23)n1. The van der Waals surface area contributed by atoms with Crippen LogP contribution in [0.25, 0.3) is 10.9 Å². The van der Waals surface area contributed by atoms with Crippen molar-refractivity contribution < 1.29 is 9.18 Å². The molecule has 0 unspecified atom stereocenters. The van der Waals surface area contributed by atoms with Crippen LogP contribution in [0.5, 0.6) is 0 Å². The normalized spacial score (nSPS) is 10.8. The van der Waals surface area contributed by atoms with Crippen molar-refractivity contribution in [3.63, 3.8) is 0 Å². The number of Topliss-reactive ketones (excluding diaryl/α,β-unsaturated/α-hetero) is 1. The predicted molar refractivity (Wildman–Crippen MR) is 78.7 cm³/mol. The van der Waals surface area contributed by atoms with Gasteiger partial charge in [-0.25, -0.2) is 4.39 Å². The number of nitrogens with zero attached hydrogens (tertiary/aromatic N) is 2. The van der Waals surface area contributed by atoms with Crippen LogP contribution in [-0.4, -0.2) is 15.8 Å². The van der Waals surface area contributed by atoms with E-state index in [2.05, 4.69) is 9.97 Å². The average Bonchev–Trinajstić information content (AvgIpc) is 2.47. The lowest BCUT2D eigenvalue weighted by Crippen LogP contribution is -2.07. The highest BCUT2D eigenvalue weighted by Crippen LogP contribution is 2.19. The molecule has 0 fully saturated rings. The number of carbonyl (C=O) groups excluding carboxylic acids is 1. The molecule has 0 N–H and O–H groups in total. The molecule has 0 aliphatic carbocycles. The fourth-order valence-corrected chi connectivity index (χ4v) is 2.30. The molecule has 3 rings (SSSR count). The number of hydrogen-bond acceptors (Lipinski definition) is 3. The lowest BCUT2D eigenvalue weighted by molar-refractivity contribution is 0.0988. The van der Waals surface area contributed by atoms with Crippen molar-refractivity contribution in [1.29, 1.82) is 0 Å². The Morgan fingerprint density at radius 1 is 1.19 bits per heavy atom. The Morgan fingerprint density at radius 2 is 2.05 bits per heavy atom. The Morgan fingerprint density at radius 3 is 2.86 bits per heavy atom. The maximum Gasteiger partial charge on any atom is 0.185 e. The van der Waals surface area contributed by atoms with E-state index in [4.69, 9.17) is 0 Å². The molecule has 0 spiro atoms. The highest BCUT2D eigenvalue weighted by molar-refractivity contribution is 5.98. The molecule has 1 aromatic carbocycles. The van der Waals surface area contributed by atoms with Gasteiger partial charge in [0.05, 0.1) is 5.52 Å². The second-order valence-corrected chi connectivity index (χ2v) is 4.90. The molecule has 4 heteroatoms. The molecule has 104 valence electrons. The van der Waals surface area contributed by atoms with Crippen molar-refractivity contribution in [1.82, 2.24) is 9.97 Å². The number of ketones is 1. The van der Waals surface area contributed by atoms with Crippen molar-refractivity contribution in [2.75, 3.05) is 0 Å². The summed E-state index contributed by atoms with van der Waals surface area (Å²) in [5, 5.41) is 0.792. The van der Waals surface area contributed by atoms with Crippen LogP contribution in [0.2, 0.25) is 0 Å². The zero-order valence-electron chi connectivity index (χ0n) is 11.5. The van der Waals surface area contributed by atoms with Gasteiger partial charge >= 0.3 is 0 Å². The van der Waals surface area contributed by atoms with Crippen LogP contribution < -0.4 is 0 Å². The molecular weight excluding hydrogens is 267 g/mol. The first-order valence-corrected chi connectivity index (χ1v) is 6.63. The van der Waals surface area contributed by atoms with Gasteiger partial charge in [0.15, 0.2) is 5.78 Å². The quantitative estimate of drug-likeness (QED) is 0.690. The summed E-state index contributed by atoms with van der Waals surface area (Å²) in [5.41, 5.74) is 2.63. The maximum atomic E-state index is 13.2. The number of aryl methyl sites for hydroxylation is 1. The van der Waals surface area contributed by atoms with Crippen LogP contribution in [0.1, 0.15) is 21.7 Å². The highest BCUT2D eigenvalue weighted by Gasteiger charge is 2.11. The summed E-state index contributed by atoms with van der Waals surface area (Å²) < 4.78 is 13.2.